The van der Waals surface area contributed by atoms with E-state index in [0.29, 0.717) is 36.2 Å². The highest BCUT2D eigenvalue weighted by molar-refractivity contribution is 5.84. The molecule has 128 valence electrons. The molecule has 1 aromatic heterocycles. The summed E-state index contributed by atoms with van der Waals surface area (Å²) in [4.78, 5) is 18.6. The molecule has 0 spiro atoms. The molecule has 0 aliphatic heterocycles. The second-order valence-electron chi connectivity index (χ2n) is 5.06. The van der Waals surface area contributed by atoms with E-state index < -0.39 is 0 Å². The number of aromatic amines is 1. The molecule has 0 aliphatic rings. The minimum atomic E-state index is -0.184. The van der Waals surface area contributed by atoms with E-state index in [4.69, 9.17) is 9.47 Å². The van der Waals surface area contributed by atoms with Gasteiger partial charge in [0.05, 0.1) is 19.4 Å². The summed E-state index contributed by atoms with van der Waals surface area (Å²) in [5, 5.41) is 4.11. The predicted molar refractivity (Wildman–Crippen MR) is 94.3 cm³/mol. The van der Waals surface area contributed by atoms with E-state index in [9.17, 15) is 4.79 Å². The summed E-state index contributed by atoms with van der Waals surface area (Å²) in [6.07, 6.45) is 1.61. The van der Waals surface area contributed by atoms with Crippen LogP contribution in [0.4, 0.5) is 5.95 Å². The maximum atomic E-state index is 11.7. The van der Waals surface area contributed by atoms with E-state index in [0.717, 1.165) is 11.3 Å². The minimum Gasteiger partial charge on any atom is -0.494 e. The van der Waals surface area contributed by atoms with Gasteiger partial charge in [0.15, 0.2) is 0 Å². The number of nitrogens with one attached hydrogen (secondary N) is 2. The zero-order chi connectivity index (χ0) is 17.5. The molecule has 0 radical (unpaired) electrons. The number of nitrogens with zero attached hydrogens (tertiary/aromatic N) is 2. The quantitative estimate of drug-likeness (QED) is 0.602. The van der Waals surface area contributed by atoms with Crippen LogP contribution >= 0.6 is 0 Å². The molecule has 0 bridgehead atoms. The second-order valence-corrected chi connectivity index (χ2v) is 5.06. The molecule has 2 rings (SSSR count). The lowest BCUT2D eigenvalue weighted by Crippen LogP contribution is -2.15. The van der Waals surface area contributed by atoms with Gasteiger partial charge in [-0.1, -0.05) is 0 Å². The lowest BCUT2D eigenvalue weighted by molar-refractivity contribution is 0.323. The van der Waals surface area contributed by atoms with Gasteiger partial charge < -0.3 is 9.47 Å². The Hall–Kier alpha value is -2.83. The number of H-pyrrole nitrogens is 1. The van der Waals surface area contributed by atoms with Gasteiger partial charge in [0.25, 0.3) is 5.56 Å². The van der Waals surface area contributed by atoms with E-state index in [-0.39, 0.29) is 5.56 Å². The summed E-state index contributed by atoms with van der Waals surface area (Å²) in [6, 6.07) is 5.53. The Kier molecular flexibility index (Phi) is 5.95. The highest BCUT2D eigenvalue weighted by atomic mass is 16.5. The fourth-order valence-electron chi connectivity index (χ4n) is 2.02. The second kappa shape index (κ2) is 8.14. The van der Waals surface area contributed by atoms with Crippen LogP contribution in [0.3, 0.4) is 0 Å². The molecule has 7 nitrogen and oxygen atoms in total. The smallest absolute Gasteiger partial charge is 0.255 e. The molecule has 0 saturated carbocycles. The summed E-state index contributed by atoms with van der Waals surface area (Å²) in [7, 11) is 0. The predicted octanol–water partition coefficient (Wildman–Crippen LogP) is 2.63. The van der Waals surface area contributed by atoms with Crippen molar-refractivity contribution in [2.24, 2.45) is 5.10 Å². The fourth-order valence-corrected chi connectivity index (χ4v) is 2.02. The summed E-state index contributed by atoms with van der Waals surface area (Å²) < 4.78 is 11.1. The van der Waals surface area contributed by atoms with Crippen molar-refractivity contribution in [2.45, 2.75) is 27.7 Å². The van der Waals surface area contributed by atoms with Gasteiger partial charge in [0.2, 0.25) is 5.95 Å². The van der Waals surface area contributed by atoms with E-state index in [1.807, 2.05) is 32.0 Å². The Morgan fingerprint density at radius 3 is 2.67 bits per heavy atom. The molecule has 1 heterocycles. The van der Waals surface area contributed by atoms with Gasteiger partial charge in [-0.2, -0.15) is 5.10 Å². The Labute approximate surface area is 140 Å². The Bertz CT molecular complexity index is 784. The molecule has 24 heavy (non-hydrogen) atoms. The lowest BCUT2D eigenvalue weighted by atomic mass is 10.2. The molecule has 0 saturated heterocycles. The molecular formula is C17H22N4O3. The van der Waals surface area contributed by atoms with Crippen LogP contribution in [0.25, 0.3) is 0 Å². The van der Waals surface area contributed by atoms with Gasteiger partial charge in [-0.25, -0.2) is 10.4 Å². The maximum absolute atomic E-state index is 11.7. The SMILES string of the molecule is CCOc1ccc(/C=N\Nc2nc(C)c(C)c(=O)[nH]2)c(OCC)c1. The zero-order valence-corrected chi connectivity index (χ0v) is 14.3. The third-order valence-electron chi connectivity index (χ3n) is 3.36. The van der Waals surface area contributed by atoms with Crippen molar-refractivity contribution in [1.82, 2.24) is 9.97 Å². The van der Waals surface area contributed by atoms with Gasteiger partial charge in [-0.05, 0) is 39.8 Å². The van der Waals surface area contributed by atoms with Gasteiger partial charge in [-0.3, -0.25) is 9.78 Å². The number of aromatic nitrogens is 2. The van der Waals surface area contributed by atoms with Crippen LogP contribution in [0.2, 0.25) is 0 Å². The Morgan fingerprint density at radius 1 is 1.25 bits per heavy atom. The van der Waals surface area contributed by atoms with Crippen LogP contribution in [-0.2, 0) is 0 Å². The molecule has 7 heteroatoms. The summed E-state index contributed by atoms with van der Waals surface area (Å²) in [6.45, 7) is 8.47. The van der Waals surface area contributed by atoms with Crippen molar-refractivity contribution in [1.29, 1.82) is 0 Å². The topological polar surface area (TPSA) is 88.6 Å². The van der Waals surface area contributed by atoms with E-state index >= 15 is 0 Å². The van der Waals surface area contributed by atoms with E-state index in [1.54, 1.807) is 20.1 Å². The van der Waals surface area contributed by atoms with Crippen molar-refractivity contribution in [3.05, 3.63) is 45.4 Å². The molecule has 0 aliphatic carbocycles. The monoisotopic (exact) mass is 330 g/mol. The highest BCUT2D eigenvalue weighted by Gasteiger charge is 2.05. The van der Waals surface area contributed by atoms with Gasteiger partial charge in [-0.15, -0.1) is 0 Å². The van der Waals surface area contributed by atoms with Crippen LogP contribution in [-0.4, -0.2) is 29.4 Å². The molecule has 0 fully saturated rings. The highest BCUT2D eigenvalue weighted by Crippen LogP contribution is 2.24. The number of hydrogen-bond donors (Lipinski definition) is 2. The van der Waals surface area contributed by atoms with Crippen LogP contribution in [0.1, 0.15) is 30.7 Å². The molecule has 2 aromatic rings. The third-order valence-corrected chi connectivity index (χ3v) is 3.36. The summed E-state index contributed by atoms with van der Waals surface area (Å²) in [5.74, 6) is 1.71. The average molecular weight is 330 g/mol. The van der Waals surface area contributed by atoms with Crippen LogP contribution in [0.15, 0.2) is 28.1 Å². The van der Waals surface area contributed by atoms with Crippen molar-refractivity contribution < 1.29 is 9.47 Å². The van der Waals surface area contributed by atoms with Gasteiger partial charge >= 0.3 is 0 Å². The summed E-state index contributed by atoms with van der Waals surface area (Å²) >= 11 is 0. The molecular weight excluding hydrogens is 308 g/mol. The van der Waals surface area contributed by atoms with Crippen molar-refractivity contribution in [2.75, 3.05) is 18.6 Å². The maximum Gasteiger partial charge on any atom is 0.255 e. The molecule has 0 amide bonds. The summed E-state index contributed by atoms with van der Waals surface area (Å²) in [5.41, 5.74) is 4.59. The fraction of sp³-hybridized carbons (Fsp3) is 0.353. The van der Waals surface area contributed by atoms with Crippen LogP contribution in [0.5, 0.6) is 11.5 Å². The van der Waals surface area contributed by atoms with Gasteiger partial charge in [0, 0.05) is 22.9 Å². The average Bonchev–Trinajstić information content (AvgIpc) is 2.55. The standard InChI is InChI=1S/C17H22N4O3/c1-5-23-14-8-7-13(15(9-14)24-6-2)10-18-21-17-19-12(4)11(3)16(22)20-17/h7-10H,5-6H2,1-4H3,(H2,19,20,21,22)/b18-10-. The molecule has 0 unspecified atom stereocenters. The van der Waals surface area contributed by atoms with Gasteiger partial charge in [0.1, 0.15) is 11.5 Å². The first-order valence-electron chi connectivity index (χ1n) is 7.81. The number of aryl methyl sites for hydroxylation is 1. The van der Waals surface area contributed by atoms with Crippen molar-refractivity contribution in [3.8, 4) is 11.5 Å². The Balaban J connectivity index is 2.17. The van der Waals surface area contributed by atoms with Crippen LogP contribution < -0.4 is 20.5 Å². The van der Waals surface area contributed by atoms with Crippen molar-refractivity contribution >= 4 is 12.2 Å². The first kappa shape index (κ1) is 17.5. The van der Waals surface area contributed by atoms with Crippen LogP contribution in [0, 0.1) is 13.8 Å². The lowest BCUT2D eigenvalue weighted by Gasteiger charge is -2.10. The number of hydrogen-bond acceptors (Lipinski definition) is 6. The number of rotatable bonds is 7. The normalized spacial score (nSPS) is 10.8. The number of hydrazone groups is 1. The first-order valence-corrected chi connectivity index (χ1v) is 7.81. The van der Waals surface area contributed by atoms with E-state index in [1.165, 1.54) is 0 Å². The molecule has 1 aromatic carbocycles. The minimum absolute atomic E-state index is 0.184. The molecule has 2 N–H and O–H groups in total. The number of benzene rings is 1. The zero-order valence-electron chi connectivity index (χ0n) is 14.3. The van der Waals surface area contributed by atoms with Crippen molar-refractivity contribution in [3.63, 3.8) is 0 Å². The van der Waals surface area contributed by atoms with E-state index in [2.05, 4.69) is 20.5 Å². The molecule has 0 atom stereocenters. The number of anilines is 1. The third kappa shape index (κ3) is 4.34. The Morgan fingerprint density at radius 2 is 2.00 bits per heavy atom. The largest absolute Gasteiger partial charge is 0.494 e. The number of ether oxygens (including phenoxy) is 2. The first-order chi connectivity index (χ1) is 11.5.